The number of nitrogens with one attached hydrogen (secondary N) is 1. The van der Waals surface area contributed by atoms with E-state index in [1.807, 2.05) is 0 Å². The minimum absolute atomic E-state index is 0.0604. The first kappa shape index (κ1) is 14.4. The van der Waals surface area contributed by atoms with Gasteiger partial charge in [0.1, 0.15) is 11.6 Å². The zero-order valence-electron chi connectivity index (χ0n) is 10.5. The molecule has 0 atom stereocenters. The summed E-state index contributed by atoms with van der Waals surface area (Å²) in [6.07, 6.45) is 1.52. The maximum absolute atomic E-state index is 13.1. The second-order valence-electron chi connectivity index (χ2n) is 3.95. The summed E-state index contributed by atoms with van der Waals surface area (Å²) >= 11 is 0. The van der Waals surface area contributed by atoms with Crippen LogP contribution in [-0.2, 0) is 11.2 Å². The number of methoxy groups -OCH3 is 1. The minimum atomic E-state index is -0.325. The second kappa shape index (κ2) is 7.66. The van der Waals surface area contributed by atoms with Crippen LogP contribution in [0.25, 0.3) is 0 Å². The molecule has 0 aromatic heterocycles. The summed E-state index contributed by atoms with van der Waals surface area (Å²) in [7, 11) is 1.53. The maximum atomic E-state index is 13.1. The van der Waals surface area contributed by atoms with E-state index in [1.165, 1.54) is 19.2 Å². The number of amides is 1. The van der Waals surface area contributed by atoms with Crippen molar-refractivity contribution in [3.05, 3.63) is 29.6 Å². The van der Waals surface area contributed by atoms with Gasteiger partial charge in [0.2, 0.25) is 5.91 Å². The number of benzene rings is 1. The van der Waals surface area contributed by atoms with E-state index in [1.54, 1.807) is 6.07 Å². The summed E-state index contributed by atoms with van der Waals surface area (Å²) in [6, 6.07) is 4.30. The van der Waals surface area contributed by atoms with Gasteiger partial charge < -0.3 is 15.8 Å². The highest BCUT2D eigenvalue weighted by Crippen LogP contribution is 2.20. The third-order valence-electron chi connectivity index (χ3n) is 2.57. The predicted molar refractivity (Wildman–Crippen MR) is 68.0 cm³/mol. The highest BCUT2D eigenvalue weighted by Gasteiger charge is 2.07. The van der Waals surface area contributed by atoms with Crippen LogP contribution in [0.3, 0.4) is 0 Å². The number of halogens is 1. The average Bonchev–Trinajstić information content (AvgIpc) is 2.37. The van der Waals surface area contributed by atoms with Crippen molar-refractivity contribution < 1.29 is 13.9 Å². The molecule has 0 fully saturated rings. The molecular formula is C13H19FN2O2. The molecule has 0 saturated heterocycles. The van der Waals surface area contributed by atoms with Crippen molar-refractivity contribution in [1.29, 1.82) is 0 Å². The maximum Gasteiger partial charge on any atom is 0.220 e. The van der Waals surface area contributed by atoms with Crippen LogP contribution in [0.1, 0.15) is 18.4 Å². The van der Waals surface area contributed by atoms with Crippen LogP contribution in [0.2, 0.25) is 0 Å². The first-order chi connectivity index (χ1) is 8.67. The van der Waals surface area contributed by atoms with Gasteiger partial charge >= 0.3 is 0 Å². The number of hydrogen-bond acceptors (Lipinski definition) is 3. The number of nitrogens with two attached hydrogens (primary N) is 1. The summed E-state index contributed by atoms with van der Waals surface area (Å²) in [5.74, 6) is 0.218. The Hall–Kier alpha value is -1.62. The van der Waals surface area contributed by atoms with Crippen molar-refractivity contribution in [2.24, 2.45) is 5.73 Å². The smallest absolute Gasteiger partial charge is 0.220 e. The molecule has 18 heavy (non-hydrogen) atoms. The molecule has 0 spiro atoms. The molecule has 0 heterocycles. The molecule has 0 radical (unpaired) electrons. The average molecular weight is 254 g/mol. The molecule has 0 saturated carbocycles. The zero-order chi connectivity index (χ0) is 13.4. The lowest BCUT2D eigenvalue weighted by Gasteiger charge is -2.08. The van der Waals surface area contributed by atoms with Crippen molar-refractivity contribution in [3.8, 4) is 5.75 Å². The Morgan fingerprint density at radius 3 is 2.94 bits per heavy atom. The van der Waals surface area contributed by atoms with E-state index < -0.39 is 0 Å². The molecule has 1 aromatic rings. The van der Waals surface area contributed by atoms with Gasteiger partial charge in [-0.2, -0.15) is 0 Å². The Bertz CT molecular complexity index is 397. The summed E-state index contributed by atoms with van der Waals surface area (Å²) in [5.41, 5.74) is 6.03. The molecule has 0 bridgehead atoms. The molecule has 5 heteroatoms. The number of aryl methyl sites for hydroxylation is 1. The molecule has 1 aromatic carbocycles. The summed E-state index contributed by atoms with van der Waals surface area (Å²) < 4.78 is 18.2. The van der Waals surface area contributed by atoms with Crippen LogP contribution in [-0.4, -0.2) is 26.1 Å². The fourth-order valence-corrected chi connectivity index (χ4v) is 1.61. The van der Waals surface area contributed by atoms with Gasteiger partial charge in [0, 0.05) is 13.0 Å². The number of carbonyl (C=O) groups is 1. The van der Waals surface area contributed by atoms with Gasteiger partial charge in [-0.3, -0.25) is 4.79 Å². The quantitative estimate of drug-likeness (QED) is 0.719. The molecule has 3 N–H and O–H groups in total. The van der Waals surface area contributed by atoms with Crippen molar-refractivity contribution >= 4 is 5.91 Å². The van der Waals surface area contributed by atoms with Gasteiger partial charge in [-0.15, -0.1) is 0 Å². The summed E-state index contributed by atoms with van der Waals surface area (Å²) in [6.45, 7) is 1.13. The van der Waals surface area contributed by atoms with Crippen LogP contribution >= 0.6 is 0 Å². The normalized spacial score (nSPS) is 10.2. The molecule has 0 unspecified atom stereocenters. The largest absolute Gasteiger partial charge is 0.496 e. The van der Waals surface area contributed by atoms with Crippen molar-refractivity contribution in [1.82, 2.24) is 5.32 Å². The van der Waals surface area contributed by atoms with Crippen LogP contribution < -0.4 is 15.8 Å². The molecule has 0 aliphatic rings. The molecule has 4 nitrogen and oxygen atoms in total. The highest BCUT2D eigenvalue weighted by atomic mass is 19.1. The zero-order valence-corrected chi connectivity index (χ0v) is 10.5. The van der Waals surface area contributed by atoms with E-state index in [0.717, 1.165) is 6.42 Å². The third kappa shape index (κ3) is 4.71. The van der Waals surface area contributed by atoms with Gasteiger partial charge in [0.15, 0.2) is 0 Å². The van der Waals surface area contributed by atoms with Crippen LogP contribution in [0.15, 0.2) is 18.2 Å². The van der Waals surface area contributed by atoms with E-state index in [9.17, 15) is 9.18 Å². The van der Waals surface area contributed by atoms with Crippen molar-refractivity contribution in [2.45, 2.75) is 19.3 Å². The molecular weight excluding hydrogens is 235 g/mol. The second-order valence-corrected chi connectivity index (χ2v) is 3.95. The number of ether oxygens (including phenoxy) is 1. The molecule has 0 aliphatic heterocycles. The number of hydrogen-bond donors (Lipinski definition) is 2. The topological polar surface area (TPSA) is 64.3 Å². The Morgan fingerprint density at radius 2 is 2.28 bits per heavy atom. The number of rotatable bonds is 7. The SMILES string of the molecule is COc1ccc(F)cc1CCC(=O)NCCCN. The van der Waals surface area contributed by atoms with E-state index in [4.69, 9.17) is 10.5 Å². The standard InChI is InChI=1S/C13H19FN2O2/c1-18-12-5-4-11(14)9-10(12)3-6-13(17)16-8-2-7-15/h4-5,9H,2-3,6-8,15H2,1H3,(H,16,17). The van der Waals surface area contributed by atoms with Gasteiger partial charge in [0.05, 0.1) is 7.11 Å². The highest BCUT2D eigenvalue weighted by molar-refractivity contribution is 5.76. The Morgan fingerprint density at radius 1 is 1.50 bits per heavy atom. The fourth-order valence-electron chi connectivity index (χ4n) is 1.61. The third-order valence-corrected chi connectivity index (χ3v) is 2.57. The van der Waals surface area contributed by atoms with Gasteiger partial charge in [-0.05, 0) is 43.1 Å². The van der Waals surface area contributed by atoms with Gasteiger partial charge in [0.25, 0.3) is 0 Å². The van der Waals surface area contributed by atoms with Gasteiger partial charge in [-0.1, -0.05) is 0 Å². The summed E-state index contributed by atoms with van der Waals surface area (Å²) in [4.78, 5) is 11.5. The number of carbonyl (C=O) groups excluding carboxylic acids is 1. The van der Waals surface area contributed by atoms with Gasteiger partial charge in [-0.25, -0.2) is 4.39 Å². The Kier molecular flexibility index (Phi) is 6.14. The minimum Gasteiger partial charge on any atom is -0.496 e. The molecule has 0 aliphatic carbocycles. The fraction of sp³-hybridized carbons (Fsp3) is 0.462. The first-order valence-electron chi connectivity index (χ1n) is 5.96. The van der Waals surface area contributed by atoms with Crippen molar-refractivity contribution in [3.63, 3.8) is 0 Å². The Labute approximate surface area is 106 Å². The summed E-state index contributed by atoms with van der Waals surface area (Å²) in [5, 5.41) is 2.75. The van der Waals surface area contributed by atoms with E-state index in [0.29, 0.717) is 37.2 Å². The van der Waals surface area contributed by atoms with Crippen LogP contribution in [0, 0.1) is 5.82 Å². The lowest BCUT2D eigenvalue weighted by atomic mass is 10.1. The van der Waals surface area contributed by atoms with E-state index >= 15 is 0 Å². The molecule has 1 rings (SSSR count). The molecule has 100 valence electrons. The lowest BCUT2D eigenvalue weighted by Crippen LogP contribution is -2.26. The van der Waals surface area contributed by atoms with Crippen LogP contribution in [0.5, 0.6) is 5.75 Å². The van der Waals surface area contributed by atoms with E-state index in [2.05, 4.69) is 5.32 Å². The van der Waals surface area contributed by atoms with Crippen LogP contribution in [0.4, 0.5) is 4.39 Å². The van der Waals surface area contributed by atoms with Crippen molar-refractivity contribution in [2.75, 3.05) is 20.2 Å². The predicted octanol–water partition coefficient (Wildman–Crippen LogP) is 1.23. The molecule has 1 amide bonds. The monoisotopic (exact) mass is 254 g/mol. The lowest BCUT2D eigenvalue weighted by molar-refractivity contribution is -0.121. The Balaban J connectivity index is 2.47. The van der Waals surface area contributed by atoms with E-state index in [-0.39, 0.29) is 11.7 Å². The first-order valence-corrected chi connectivity index (χ1v) is 5.96.